The van der Waals surface area contributed by atoms with Gasteiger partial charge in [0.15, 0.2) is 0 Å². The van der Waals surface area contributed by atoms with E-state index in [-0.39, 0.29) is 11.7 Å². The molecule has 0 radical (unpaired) electrons. The zero-order valence-corrected chi connectivity index (χ0v) is 20.2. The first kappa shape index (κ1) is 22.9. The molecule has 1 aromatic heterocycles. The van der Waals surface area contributed by atoms with Gasteiger partial charge in [-0.25, -0.2) is 14.8 Å². The van der Waals surface area contributed by atoms with Crippen molar-refractivity contribution < 1.29 is 14.3 Å². The van der Waals surface area contributed by atoms with E-state index in [1.54, 1.807) is 31.3 Å². The monoisotopic (exact) mass is 521 g/mol. The number of aromatic nitrogens is 2. The van der Waals surface area contributed by atoms with E-state index in [1.165, 1.54) is 18.1 Å². The third kappa shape index (κ3) is 5.40. The summed E-state index contributed by atoms with van der Waals surface area (Å²) in [5.41, 5.74) is 2.89. The molecular weight excluding hydrogens is 502 g/mol. The van der Waals surface area contributed by atoms with Crippen LogP contribution in [-0.4, -0.2) is 34.2 Å². The number of anilines is 1. The van der Waals surface area contributed by atoms with Gasteiger partial charge in [0.2, 0.25) is 5.91 Å². The molecule has 0 aliphatic rings. The molecule has 0 atom stereocenters. The molecule has 8 heteroatoms. The van der Waals surface area contributed by atoms with Gasteiger partial charge < -0.3 is 10.1 Å². The lowest BCUT2D eigenvalue weighted by molar-refractivity contribution is -0.113. The van der Waals surface area contributed by atoms with Crippen LogP contribution in [0.5, 0.6) is 0 Å². The van der Waals surface area contributed by atoms with Crippen LogP contribution in [0.1, 0.15) is 17.3 Å². The lowest BCUT2D eigenvalue weighted by atomic mass is 10.0. The lowest BCUT2D eigenvalue weighted by Gasteiger charge is -2.11. The highest BCUT2D eigenvalue weighted by Crippen LogP contribution is 2.34. The van der Waals surface area contributed by atoms with Crippen molar-refractivity contribution in [3.05, 3.63) is 83.2 Å². The number of ether oxygens (including phenoxy) is 1. The number of nitrogens with one attached hydrogen (secondary N) is 1. The number of rotatable bonds is 7. The van der Waals surface area contributed by atoms with E-state index in [0.717, 1.165) is 26.9 Å². The predicted molar refractivity (Wildman–Crippen MR) is 134 cm³/mol. The van der Waals surface area contributed by atoms with Crippen LogP contribution in [0.4, 0.5) is 5.69 Å². The molecule has 4 aromatic rings. The van der Waals surface area contributed by atoms with E-state index < -0.39 is 5.97 Å². The molecule has 0 unspecified atom stereocenters. The summed E-state index contributed by atoms with van der Waals surface area (Å²) in [7, 11) is 0. The van der Waals surface area contributed by atoms with Gasteiger partial charge in [-0.05, 0) is 57.4 Å². The second-order valence-corrected chi connectivity index (χ2v) is 8.84. The van der Waals surface area contributed by atoms with E-state index in [1.807, 2.05) is 24.3 Å². The number of thioether (sulfide) groups is 1. The minimum atomic E-state index is -0.406. The SMILES string of the molecule is CCOC(=O)c1ccc(NC(=O)CSc2ncncc2-c2cccc3ccccc23)c(Br)c1. The van der Waals surface area contributed by atoms with Crippen LogP contribution in [0, 0.1) is 0 Å². The van der Waals surface area contributed by atoms with Gasteiger partial charge in [0.1, 0.15) is 11.4 Å². The summed E-state index contributed by atoms with van der Waals surface area (Å²) in [5, 5.41) is 5.83. The lowest BCUT2D eigenvalue weighted by Crippen LogP contribution is -2.15. The Morgan fingerprint density at radius 3 is 2.70 bits per heavy atom. The average Bonchev–Trinajstić information content (AvgIpc) is 2.84. The fraction of sp³-hybridized carbons (Fsp3) is 0.120. The standard InChI is InChI=1S/C25H20BrN3O3S/c1-2-32-25(31)17-10-11-22(21(26)12-17)29-23(30)14-33-24-20(13-27-15-28-24)19-9-5-7-16-6-3-4-8-18(16)19/h3-13,15H,2,14H2,1H3,(H,29,30). The van der Waals surface area contributed by atoms with E-state index in [9.17, 15) is 9.59 Å². The van der Waals surface area contributed by atoms with Gasteiger partial charge in [-0.3, -0.25) is 4.79 Å². The summed E-state index contributed by atoms with van der Waals surface area (Å²) < 4.78 is 5.61. The number of carbonyl (C=O) groups excluding carboxylic acids is 2. The normalized spacial score (nSPS) is 10.7. The number of benzene rings is 3. The van der Waals surface area contributed by atoms with Gasteiger partial charge in [0, 0.05) is 16.2 Å². The molecule has 3 aromatic carbocycles. The van der Waals surface area contributed by atoms with Crippen LogP contribution in [-0.2, 0) is 9.53 Å². The predicted octanol–water partition coefficient (Wildman–Crippen LogP) is 5.97. The Morgan fingerprint density at radius 2 is 1.88 bits per heavy atom. The average molecular weight is 522 g/mol. The smallest absolute Gasteiger partial charge is 0.338 e. The van der Waals surface area contributed by atoms with E-state index in [4.69, 9.17) is 4.74 Å². The summed E-state index contributed by atoms with van der Waals surface area (Å²) in [5.74, 6) is -0.427. The number of halogens is 1. The van der Waals surface area contributed by atoms with Crippen LogP contribution in [0.15, 0.2) is 82.7 Å². The van der Waals surface area contributed by atoms with Crippen molar-refractivity contribution in [2.75, 3.05) is 17.7 Å². The van der Waals surface area contributed by atoms with Crippen LogP contribution in [0.2, 0.25) is 0 Å². The van der Waals surface area contributed by atoms with Crippen molar-refractivity contribution in [2.45, 2.75) is 11.9 Å². The van der Waals surface area contributed by atoms with Crippen LogP contribution >= 0.6 is 27.7 Å². The Labute approximate surface area is 203 Å². The van der Waals surface area contributed by atoms with Gasteiger partial charge in [0.25, 0.3) is 0 Å². The summed E-state index contributed by atoms with van der Waals surface area (Å²) in [6.45, 7) is 2.05. The summed E-state index contributed by atoms with van der Waals surface area (Å²) >= 11 is 4.75. The van der Waals surface area contributed by atoms with E-state index >= 15 is 0 Å². The number of carbonyl (C=O) groups is 2. The molecule has 166 valence electrons. The minimum Gasteiger partial charge on any atom is -0.462 e. The molecule has 0 aliphatic carbocycles. The molecule has 1 N–H and O–H groups in total. The minimum absolute atomic E-state index is 0.168. The molecule has 0 bridgehead atoms. The van der Waals surface area contributed by atoms with E-state index in [2.05, 4.69) is 49.4 Å². The molecule has 0 saturated carbocycles. The Morgan fingerprint density at radius 1 is 1.06 bits per heavy atom. The maximum Gasteiger partial charge on any atom is 0.338 e. The number of amides is 1. The Kier molecular flexibility index (Phi) is 7.36. The molecule has 4 rings (SSSR count). The highest BCUT2D eigenvalue weighted by atomic mass is 79.9. The third-order valence-corrected chi connectivity index (χ3v) is 6.51. The molecule has 0 spiro atoms. The third-order valence-electron chi connectivity index (χ3n) is 4.85. The number of hydrogen-bond donors (Lipinski definition) is 1. The van der Waals surface area contributed by atoms with Crippen molar-refractivity contribution in [3.63, 3.8) is 0 Å². The van der Waals surface area contributed by atoms with Crippen molar-refractivity contribution in [3.8, 4) is 11.1 Å². The van der Waals surface area contributed by atoms with E-state index in [0.29, 0.717) is 22.3 Å². The Balaban J connectivity index is 1.48. The second-order valence-electron chi connectivity index (χ2n) is 7.02. The maximum atomic E-state index is 12.6. The van der Waals surface area contributed by atoms with Crippen LogP contribution in [0.25, 0.3) is 21.9 Å². The van der Waals surface area contributed by atoms with Crippen LogP contribution < -0.4 is 5.32 Å². The van der Waals surface area contributed by atoms with Crippen molar-refractivity contribution in [2.24, 2.45) is 0 Å². The molecule has 1 heterocycles. The number of nitrogens with zero attached hydrogens (tertiary/aromatic N) is 2. The highest BCUT2D eigenvalue weighted by molar-refractivity contribution is 9.10. The molecule has 0 saturated heterocycles. The van der Waals surface area contributed by atoms with Gasteiger partial charge in [-0.2, -0.15) is 0 Å². The van der Waals surface area contributed by atoms with Crippen LogP contribution in [0.3, 0.4) is 0 Å². The molecule has 0 aliphatic heterocycles. The Hall–Kier alpha value is -3.23. The summed E-state index contributed by atoms with van der Waals surface area (Å²) in [4.78, 5) is 33.1. The number of esters is 1. The largest absolute Gasteiger partial charge is 0.462 e. The highest BCUT2D eigenvalue weighted by Gasteiger charge is 2.14. The fourth-order valence-corrected chi connectivity index (χ4v) is 4.61. The van der Waals surface area contributed by atoms with Gasteiger partial charge in [-0.15, -0.1) is 0 Å². The number of hydrogen-bond acceptors (Lipinski definition) is 6. The molecular formula is C25H20BrN3O3S. The Bertz CT molecular complexity index is 1320. The first-order valence-electron chi connectivity index (χ1n) is 10.2. The second kappa shape index (κ2) is 10.6. The zero-order chi connectivity index (χ0) is 23.2. The van der Waals surface area contributed by atoms with Crippen molar-refractivity contribution in [1.29, 1.82) is 0 Å². The first-order chi connectivity index (χ1) is 16.1. The molecule has 1 amide bonds. The summed E-state index contributed by atoms with van der Waals surface area (Å²) in [6, 6.07) is 19.2. The van der Waals surface area contributed by atoms with Gasteiger partial charge in [0.05, 0.1) is 23.6 Å². The summed E-state index contributed by atoms with van der Waals surface area (Å²) in [6.07, 6.45) is 3.26. The topological polar surface area (TPSA) is 81.2 Å². The van der Waals surface area contributed by atoms with Crippen molar-refractivity contribution in [1.82, 2.24) is 9.97 Å². The molecule has 6 nitrogen and oxygen atoms in total. The van der Waals surface area contributed by atoms with Crippen molar-refractivity contribution >= 4 is 56.0 Å². The first-order valence-corrected chi connectivity index (χ1v) is 12.0. The molecule has 0 fully saturated rings. The quantitative estimate of drug-likeness (QED) is 0.183. The molecule has 33 heavy (non-hydrogen) atoms. The zero-order valence-electron chi connectivity index (χ0n) is 17.7. The van der Waals surface area contributed by atoms with Gasteiger partial charge >= 0.3 is 5.97 Å². The maximum absolute atomic E-state index is 12.6. The van der Waals surface area contributed by atoms with Gasteiger partial charge in [-0.1, -0.05) is 54.2 Å². The number of fused-ring (bicyclic) bond motifs is 1. The fourth-order valence-electron chi connectivity index (χ4n) is 3.36.